The zero-order chi connectivity index (χ0) is 14.8. The number of amides is 1. The van der Waals surface area contributed by atoms with Gasteiger partial charge in [-0.25, -0.2) is 4.39 Å². The molecule has 21 heavy (non-hydrogen) atoms. The molecule has 0 saturated carbocycles. The maximum atomic E-state index is 13.7. The molecule has 3 rings (SSSR count). The highest BCUT2D eigenvalue weighted by Gasteiger charge is 2.12. The Morgan fingerprint density at radius 1 is 1.10 bits per heavy atom. The van der Waals surface area contributed by atoms with E-state index in [-0.39, 0.29) is 11.7 Å². The summed E-state index contributed by atoms with van der Waals surface area (Å²) in [5, 5.41) is 3.89. The third kappa shape index (κ3) is 2.91. The number of hydrogen-bond donors (Lipinski definition) is 1. The number of rotatable bonds is 3. The molecule has 1 heterocycles. The fourth-order valence-electron chi connectivity index (χ4n) is 2.17. The van der Waals surface area contributed by atoms with Gasteiger partial charge in [-0.05, 0) is 29.7 Å². The first-order valence-electron chi connectivity index (χ1n) is 6.35. The van der Waals surface area contributed by atoms with E-state index in [0.717, 1.165) is 4.88 Å². The van der Waals surface area contributed by atoms with Crippen LogP contribution >= 0.6 is 22.9 Å². The number of thiophene rings is 1. The molecule has 106 valence electrons. The average Bonchev–Trinajstić information content (AvgIpc) is 2.91. The second-order valence-corrected chi connectivity index (χ2v) is 6.33. The molecular formula is C16H11ClFNOS. The van der Waals surface area contributed by atoms with E-state index in [4.69, 9.17) is 11.6 Å². The first kappa shape index (κ1) is 14.0. The van der Waals surface area contributed by atoms with Crippen molar-refractivity contribution in [2.45, 2.75) is 6.54 Å². The lowest BCUT2D eigenvalue weighted by Crippen LogP contribution is -2.22. The van der Waals surface area contributed by atoms with Gasteiger partial charge in [0.25, 0.3) is 5.91 Å². The van der Waals surface area contributed by atoms with Gasteiger partial charge in [0.15, 0.2) is 0 Å². The van der Waals surface area contributed by atoms with Crippen molar-refractivity contribution in [3.8, 4) is 0 Å². The van der Waals surface area contributed by atoms with Crippen LogP contribution in [0.25, 0.3) is 10.8 Å². The summed E-state index contributed by atoms with van der Waals surface area (Å²) in [6, 6.07) is 13.4. The number of halogens is 2. The van der Waals surface area contributed by atoms with Crippen LogP contribution in [0.3, 0.4) is 0 Å². The summed E-state index contributed by atoms with van der Waals surface area (Å²) in [6.45, 7) is 0.405. The summed E-state index contributed by atoms with van der Waals surface area (Å²) in [6.07, 6.45) is 0. The van der Waals surface area contributed by atoms with Crippen LogP contribution < -0.4 is 5.32 Å². The van der Waals surface area contributed by atoms with Gasteiger partial charge in [-0.3, -0.25) is 4.79 Å². The molecule has 1 N–H and O–H groups in total. The summed E-state index contributed by atoms with van der Waals surface area (Å²) in [5.74, 6) is -0.553. The van der Waals surface area contributed by atoms with Crippen LogP contribution in [0.5, 0.6) is 0 Å². The largest absolute Gasteiger partial charge is 0.347 e. The number of carbonyl (C=O) groups excluding carboxylic acids is 1. The lowest BCUT2D eigenvalue weighted by Gasteiger charge is -2.08. The molecule has 0 fully saturated rings. The Morgan fingerprint density at radius 2 is 1.86 bits per heavy atom. The monoisotopic (exact) mass is 319 g/mol. The van der Waals surface area contributed by atoms with Gasteiger partial charge in [-0.2, -0.15) is 0 Å². The van der Waals surface area contributed by atoms with E-state index < -0.39 is 0 Å². The van der Waals surface area contributed by atoms with Crippen molar-refractivity contribution in [1.29, 1.82) is 0 Å². The molecule has 0 aliphatic heterocycles. The number of nitrogens with one attached hydrogen (secondary N) is 1. The number of fused-ring (bicyclic) bond motifs is 1. The molecule has 1 amide bonds. The highest BCUT2D eigenvalue weighted by molar-refractivity contribution is 7.16. The van der Waals surface area contributed by atoms with Crippen molar-refractivity contribution >= 4 is 39.6 Å². The topological polar surface area (TPSA) is 29.1 Å². The Hall–Kier alpha value is -1.91. The smallest absolute Gasteiger partial charge is 0.252 e. The van der Waals surface area contributed by atoms with Gasteiger partial charge in [-0.1, -0.05) is 35.9 Å². The molecular weight excluding hydrogens is 309 g/mol. The van der Waals surface area contributed by atoms with E-state index in [1.807, 2.05) is 6.07 Å². The van der Waals surface area contributed by atoms with Gasteiger partial charge in [0.1, 0.15) is 5.82 Å². The number of carbonyl (C=O) groups is 1. The minimum absolute atomic E-state index is 0.226. The van der Waals surface area contributed by atoms with E-state index in [1.165, 1.54) is 23.5 Å². The molecule has 5 heteroatoms. The summed E-state index contributed by atoms with van der Waals surface area (Å²) in [5.41, 5.74) is 0.467. The first-order chi connectivity index (χ1) is 10.1. The Morgan fingerprint density at radius 3 is 2.57 bits per heavy atom. The second-order valence-electron chi connectivity index (χ2n) is 4.53. The minimum Gasteiger partial charge on any atom is -0.347 e. The van der Waals surface area contributed by atoms with E-state index in [1.54, 1.807) is 30.3 Å². The minimum atomic E-state index is -0.327. The zero-order valence-electron chi connectivity index (χ0n) is 10.9. The van der Waals surface area contributed by atoms with Crippen LogP contribution in [0.4, 0.5) is 4.39 Å². The van der Waals surface area contributed by atoms with Crippen molar-refractivity contribution in [3.63, 3.8) is 0 Å². The van der Waals surface area contributed by atoms with Crippen molar-refractivity contribution in [1.82, 2.24) is 5.32 Å². The molecule has 0 aliphatic rings. The fraction of sp³-hybridized carbons (Fsp3) is 0.0625. The molecule has 0 spiro atoms. The Bertz CT molecular complexity index is 815. The quantitative estimate of drug-likeness (QED) is 0.749. The van der Waals surface area contributed by atoms with Crippen LogP contribution in [-0.4, -0.2) is 5.91 Å². The maximum Gasteiger partial charge on any atom is 0.252 e. The van der Waals surface area contributed by atoms with Gasteiger partial charge in [0.05, 0.1) is 10.9 Å². The lowest BCUT2D eigenvalue weighted by atomic mass is 10.0. The normalized spacial score (nSPS) is 10.8. The zero-order valence-corrected chi connectivity index (χ0v) is 12.5. The van der Waals surface area contributed by atoms with Crippen molar-refractivity contribution < 1.29 is 9.18 Å². The standard InChI is InChI=1S/C16H11ClFNOS/c17-15-8-5-10(21-15)9-19-16(20)13-6-7-14(18)12-4-2-1-3-11(12)13/h1-8H,9H2,(H,19,20). The maximum absolute atomic E-state index is 13.7. The van der Waals surface area contributed by atoms with Crippen LogP contribution in [0.2, 0.25) is 4.34 Å². The van der Waals surface area contributed by atoms with Gasteiger partial charge in [-0.15, -0.1) is 11.3 Å². The summed E-state index contributed by atoms with van der Waals surface area (Å²) in [7, 11) is 0. The van der Waals surface area contributed by atoms with Gasteiger partial charge >= 0.3 is 0 Å². The SMILES string of the molecule is O=C(NCc1ccc(Cl)s1)c1ccc(F)c2ccccc12. The van der Waals surface area contributed by atoms with Crippen LogP contribution in [-0.2, 0) is 6.54 Å². The lowest BCUT2D eigenvalue weighted by molar-refractivity contribution is 0.0953. The highest BCUT2D eigenvalue weighted by Crippen LogP contribution is 2.23. The van der Waals surface area contributed by atoms with Crippen LogP contribution in [0.15, 0.2) is 48.5 Å². The van der Waals surface area contributed by atoms with E-state index in [0.29, 0.717) is 27.2 Å². The Balaban J connectivity index is 1.86. The summed E-state index contributed by atoms with van der Waals surface area (Å²) >= 11 is 7.27. The Labute approximate surface area is 130 Å². The summed E-state index contributed by atoms with van der Waals surface area (Å²) in [4.78, 5) is 13.3. The molecule has 3 aromatic rings. The number of benzene rings is 2. The molecule has 0 saturated heterocycles. The molecule has 0 bridgehead atoms. The number of hydrogen-bond acceptors (Lipinski definition) is 2. The van der Waals surface area contributed by atoms with E-state index in [2.05, 4.69) is 5.32 Å². The van der Waals surface area contributed by atoms with Gasteiger partial charge in [0.2, 0.25) is 0 Å². The fourth-order valence-corrected chi connectivity index (χ4v) is 3.20. The molecule has 0 radical (unpaired) electrons. The molecule has 2 aromatic carbocycles. The van der Waals surface area contributed by atoms with Crippen molar-refractivity contribution in [2.24, 2.45) is 0 Å². The van der Waals surface area contributed by atoms with Crippen molar-refractivity contribution in [2.75, 3.05) is 0 Å². The molecule has 1 aromatic heterocycles. The third-order valence-corrected chi connectivity index (χ3v) is 4.40. The first-order valence-corrected chi connectivity index (χ1v) is 7.54. The average molecular weight is 320 g/mol. The van der Waals surface area contributed by atoms with Crippen LogP contribution in [0.1, 0.15) is 15.2 Å². The predicted octanol–water partition coefficient (Wildman–Crippen LogP) is 4.62. The van der Waals surface area contributed by atoms with Crippen molar-refractivity contribution in [3.05, 3.63) is 69.1 Å². The molecule has 0 unspecified atom stereocenters. The molecule has 0 atom stereocenters. The van der Waals surface area contributed by atoms with Gasteiger partial charge < -0.3 is 5.32 Å². The third-order valence-electron chi connectivity index (χ3n) is 3.17. The molecule has 2 nitrogen and oxygen atoms in total. The van der Waals surface area contributed by atoms with Crippen LogP contribution in [0, 0.1) is 5.82 Å². The predicted molar refractivity (Wildman–Crippen MR) is 84.4 cm³/mol. The Kier molecular flexibility index (Phi) is 3.90. The highest BCUT2D eigenvalue weighted by atomic mass is 35.5. The van der Waals surface area contributed by atoms with E-state index in [9.17, 15) is 9.18 Å². The second kappa shape index (κ2) is 5.84. The van der Waals surface area contributed by atoms with Gasteiger partial charge in [0, 0.05) is 15.8 Å². The molecule has 0 aliphatic carbocycles. The summed E-state index contributed by atoms with van der Waals surface area (Å²) < 4.78 is 14.4. The van der Waals surface area contributed by atoms with E-state index >= 15 is 0 Å².